The third-order valence-corrected chi connectivity index (χ3v) is 3.59. The molecule has 96 valence electrons. The first-order chi connectivity index (χ1) is 9.17. The van der Waals surface area contributed by atoms with Crippen LogP contribution in [0.1, 0.15) is 30.9 Å². The molecule has 1 aromatic carbocycles. The zero-order chi connectivity index (χ0) is 13.4. The Labute approximate surface area is 112 Å². The van der Waals surface area contributed by atoms with E-state index in [2.05, 4.69) is 11.9 Å². The number of hydrogen-bond donors (Lipinski definition) is 1. The summed E-state index contributed by atoms with van der Waals surface area (Å²) < 4.78 is 0. The fraction of sp³-hybridized carbons (Fsp3) is 0.250. The summed E-state index contributed by atoms with van der Waals surface area (Å²) in [6.07, 6.45) is 5.94. The fourth-order valence-corrected chi connectivity index (χ4v) is 2.54. The van der Waals surface area contributed by atoms with E-state index >= 15 is 0 Å². The molecule has 2 aliphatic rings. The van der Waals surface area contributed by atoms with Crippen LogP contribution < -0.4 is 0 Å². The van der Waals surface area contributed by atoms with Gasteiger partial charge in [-0.3, -0.25) is 9.79 Å². The summed E-state index contributed by atoms with van der Waals surface area (Å²) in [5.41, 5.74) is 4.76. The molecule has 0 saturated carbocycles. The first-order valence-electron chi connectivity index (χ1n) is 6.49. The van der Waals surface area contributed by atoms with Gasteiger partial charge < -0.3 is 5.11 Å². The van der Waals surface area contributed by atoms with Gasteiger partial charge in [-0.1, -0.05) is 13.0 Å². The first kappa shape index (κ1) is 11.9. The topological polar surface area (TPSA) is 49.7 Å². The Bertz CT molecular complexity index is 651. The molecule has 0 radical (unpaired) electrons. The Balaban J connectivity index is 1.95. The Morgan fingerprint density at radius 3 is 2.95 bits per heavy atom. The number of Topliss-reactive ketones (excluding diaryl/α,β-unsaturated/α-hetero) is 1. The number of nitrogens with zero attached hydrogens (tertiary/aromatic N) is 1. The van der Waals surface area contributed by atoms with Gasteiger partial charge in [0.1, 0.15) is 5.75 Å². The van der Waals surface area contributed by atoms with Gasteiger partial charge in [0, 0.05) is 30.3 Å². The van der Waals surface area contributed by atoms with Crippen molar-refractivity contribution < 1.29 is 9.90 Å². The maximum absolute atomic E-state index is 12.1. The molecule has 1 N–H and O–H groups in total. The molecule has 3 nitrogen and oxygen atoms in total. The predicted molar refractivity (Wildman–Crippen MR) is 75.2 cm³/mol. The van der Waals surface area contributed by atoms with Gasteiger partial charge in [-0.2, -0.15) is 0 Å². The SMILES string of the molecule is CCC1=NC=C(/C=C2\C(=O)Cc3ccc(O)cc32)C1. The van der Waals surface area contributed by atoms with E-state index in [-0.39, 0.29) is 11.5 Å². The zero-order valence-electron chi connectivity index (χ0n) is 10.8. The fourth-order valence-electron chi connectivity index (χ4n) is 2.54. The Hall–Kier alpha value is -2.16. The van der Waals surface area contributed by atoms with Crippen LogP contribution in [0.2, 0.25) is 0 Å². The molecule has 1 aromatic rings. The van der Waals surface area contributed by atoms with Crippen molar-refractivity contribution in [1.29, 1.82) is 0 Å². The van der Waals surface area contributed by atoms with Gasteiger partial charge in [-0.15, -0.1) is 0 Å². The second kappa shape index (κ2) is 4.50. The number of rotatable bonds is 2. The lowest BCUT2D eigenvalue weighted by atomic mass is 10.0. The number of fused-ring (bicyclic) bond motifs is 1. The number of allylic oxidation sites excluding steroid dienone is 3. The smallest absolute Gasteiger partial charge is 0.167 e. The second-order valence-electron chi connectivity index (χ2n) is 4.93. The highest BCUT2D eigenvalue weighted by Crippen LogP contribution is 2.33. The van der Waals surface area contributed by atoms with Crippen molar-refractivity contribution in [2.45, 2.75) is 26.2 Å². The van der Waals surface area contributed by atoms with Gasteiger partial charge >= 0.3 is 0 Å². The van der Waals surface area contributed by atoms with Crippen LogP contribution in [0, 0.1) is 0 Å². The molecule has 0 amide bonds. The van der Waals surface area contributed by atoms with E-state index in [0.29, 0.717) is 12.0 Å². The molecule has 0 bridgehead atoms. The number of ketones is 1. The Morgan fingerprint density at radius 1 is 1.37 bits per heavy atom. The molecule has 0 unspecified atom stereocenters. The van der Waals surface area contributed by atoms with E-state index in [1.165, 1.54) is 0 Å². The average Bonchev–Trinajstić information content (AvgIpc) is 2.96. The molecule has 19 heavy (non-hydrogen) atoms. The molecular weight excluding hydrogens is 238 g/mol. The molecule has 0 fully saturated rings. The summed E-state index contributed by atoms with van der Waals surface area (Å²) in [6, 6.07) is 5.12. The van der Waals surface area contributed by atoms with Crippen LogP contribution >= 0.6 is 0 Å². The van der Waals surface area contributed by atoms with Gasteiger partial charge in [0.05, 0.1) is 0 Å². The molecule has 1 aliphatic heterocycles. The Morgan fingerprint density at radius 2 is 2.21 bits per heavy atom. The maximum Gasteiger partial charge on any atom is 0.167 e. The molecule has 3 heteroatoms. The monoisotopic (exact) mass is 253 g/mol. The number of benzene rings is 1. The van der Waals surface area contributed by atoms with Crippen molar-refractivity contribution in [1.82, 2.24) is 0 Å². The van der Waals surface area contributed by atoms with Crippen molar-refractivity contribution in [3.8, 4) is 5.75 Å². The Kier molecular flexibility index (Phi) is 2.82. The van der Waals surface area contributed by atoms with Crippen molar-refractivity contribution in [2.75, 3.05) is 0 Å². The van der Waals surface area contributed by atoms with E-state index in [9.17, 15) is 9.90 Å². The van der Waals surface area contributed by atoms with Gasteiger partial charge in [0.15, 0.2) is 5.78 Å². The normalized spacial score (nSPS) is 19.6. The highest BCUT2D eigenvalue weighted by molar-refractivity contribution is 6.26. The molecule has 3 rings (SSSR count). The summed E-state index contributed by atoms with van der Waals surface area (Å²) in [4.78, 5) is 16.4. The highest BCUT2D eigenvalue weighted by Gasteiger charge is 2.25. The largest absolute Gasteiger partial charge is 0.508 e. The van der Waals surface area contributed by atoms with Crippen LogP contribution in [0.4, 0.5) is 0 Å². The number of carbonyl (C=O) groups excluding carboxylic acids is 1. The van der Waals surface area contributed by atoms with Crippen LogP contribution in [0.3, 0.4) is 0 Å². The van der Waals surface area contributed by atoms with E-state index < -0.39 is 0 Å². The summed E-state index contributed by atoms with van der Waals surface area (Å²) in [6.45, 7) is 2.08. The standard InChI is InChI=1S/C16H15NO2/c1-2-12-5-10(9-17-12)6-15-14-8-13(18)4-3-11(14)7-16(15)19/h3-4,6,8-9,18H,2,5,7H2,1H3/b15-6-. The number of carbonyl (C=O) groups is 1. The van der Waals surface area contributed by atoms with Crippen LogP contribution in [-0.4, -0.2) is 16.6 Å². The quantitative estimate of drug-likeness (QED) is 0.823. The summed E-state index contributed by atoms with van der Waals surface area (Å²) >= 11 is 0. The van der Waals surface area contributed by atoms with E-state index in [4.69, 9.17) is 0 Å². The number of phenols is 1. The lowest BCUT2D eigenvalue weighted by Gasteiger charge is -2.02. The van der Waals surface area contributed by atoms with Crippen LogP contribution in [0.5, 0.6) is 5.75 Å². The molecule has 1 heterocycles. The van der Waals surface area contributed by atoms with E-state index in [1.807, 2.05) is 18.3 Å². The molecule has 0 spiro atoms. The predicted octanol–water partition coefficient (Wildman–Crippen LogP) is 3.04. The van der Waals surface area contributed by atoms with Crippen molar-refractivity contribution in [3.05, 3.63) is 47.2 Å². The van der Waals surface area contributed by atoms with Crippen LogP contribution in [0.15, 0.2) is 41.0 Å². The molecule has 0 aromatic heterocycles. The minimum atomic E-state index is 0.117. The van der Waals surface area contributed by atoms with Gasteiger partial charge in [-0.25, -0.2) is 0 Å². The molecule has 0 atom stereocenters. The van der Waals surface area contributed by atoms with Crippen molar-refractivity contribution >= 4 is 17.1 Å². The third-order valence-electron chi connectivity index (χ3n) is 3.59. The summed E-state index contributed by atoms with van der Waals surface area (Å²) in [5.74, 6) is 0.316. The van der Waals surface area contributed by atoms with E-state index in [1.54, 1.807) is 12.1 Å². The summed E-state index contributed by atoms with van der Waals surface area (Å²) in [7, 11) is 0. The third kappa shape index (κ3) is 2.12. The van der Waals surface area contributed by atoms with Crippen molar-refractivity contribution in [2.24, 2.45) is 4.99 Å². The minimum absolute atomic E-state index is 0.117. The van der Waals surface area contributed by atoms with E-state index in [0.717, 1.165) is 35.3 Å². The second-order valence-corrected chi connectivity index (χ2v) is 4.93. The molecule has 1 aliphatic carbocycles. The lowest BCUT2D eigenvalue weighted by molar-refractivity contribution is -0.112. The van der Waals surface area contributed by atoms with Gasteiger partial charge in [0.2, 0.25) is 0 Å². The number of hydrogen-bond acceptors (Lipinski definition) is 3. The minimum Gasteiger partial charge on any atom is -0.508 e. The molecular formula is C16H15NO2. The number of aliphatic imine (C=N–C) groups is 1. The lowest BCUT2D eigenvalue weighted by Crippen LogP contribution is -1.96. The zero-order valence-corrected chi connectivity index (χ0v) is 10.8. The summed E-state index contributed by atoms with van der Waals surface area (Å²) in [5, 5.41) is 9.57. The highest BCUT2D eigenvalue weighted by atomic mass is 16.3. The number of phenolic OH excluding ortho intramolecular Hbond substituents is 1. The maximum atomic E-state index is 12.1. The average molecular weight is 253 g/mol. The van der Waals surface area contributed by atoms with Gasteiger partial charge in [-0.05, 0) is 41.3 Å². The molecule has 0 saturated heterocycles. The van der Waals surface area contributed by atoms with Crippen molar-refractivity contribution in [3.63, 3.8) is 0 Å². The first-order valence-corrected chi connectivity index (χ1v) is 6.49. The number of aromatic hydroxyl groups is 1. The van der Waals surface area contributed by atoms with Gasteiger partial charge in [0.25, 0.3) is 0 Å². The van der Waals surface area contributed by atoms with Crippen LogP contribution in [-0.2, 0) is 11.2 Å². The van der Waals surface area contributed by atoms with Crippen LogP contribution in [0.25, 0.3) is 5.57 Å².